The van der Waals surface area contributed by atoms with Gasteiger partial charge in [0.05, 0.1) is 5.57 Å². The van der Waals surface area contributed by atoms with Gasteiger partial charge in [-0.2, -0.15) is 13.2 Å². The first-order valence-corrected chi connectivity index (χ1v) is 10.5. The molecular formula is C23H22F3N4O+. The SMILES string of the molecule is O=C1C2=C(CCC2)C(c2ccncc2)=N[NH+]1c1cc(N2CCCC2)ccc1C(F)(F)F. The number of benzene rings is 1. The molecule has 1 saturated heterocycles. The van der Waals surface area contributed by atoms with Gasteiger partial charge >= 0.3 is 12.1 Å². The minimum atomic E-state index is -4.58. The number of alkyl halides is 3. The van der Waals surface area contributed by atoms with E-state index in [-0.39, 0.29) is 16.6 Å². The highest BCUT2D eigenvalue weighted by atomic mass is 19.4. The van der Waals surface area contributed by atoms with Crippen molar-refractivity contribution < 1.29 is 23.0 Å². The lowest BCUT2D eigenvalue weighted by molar-refractivity contribution is -0.755. The van der Waals surface area contributed by atoms with Crippen LogP contribution in [0.25, 0.3) is 0 Å². The number of halogens is 3. The van der Waals surface area contributed by atoms with Gasteiger partial charge in [0.1, 0.15) is 11.3 Å². The highest BCUT2D eigenvalue weighted by Gasteiger charge is 2.44. The van der Waals surface area contributed by atoms with Crippen molar-refractivity contribution in [2.24, 2.45) is 5.10 Å². The number of carbonyl (C=O) groups excluding carboxylic acids is 1. The summed E-state index contributed by atoms with van der Waals surface area (Å²) in [6, 6.07) is 7.64. The normalized spacial score (nSPS) is 21.5. The van der Waals surface area contributed by atoms with Crippen LogP contribution in [0.1, 0.15) is 43.2 Å². The Labute approximate surface area is 177 Å². The van der Waals surface area contributed by atoms with Crippen molar-refractivity contribution in [1.29, 1.82) is 0 Å². The van der Waals surface area contributed by atoms with Crippen LogP contribution in [0, 0.1) is 0 Å². The number of nitrogens with one attached hydrogen (secondary N) is 1. The summed E-state index contributed by atoms with van der Waals surface area (Å²) >= 11 is 0. The molecule has 160 valence electrons. The second-order valence-corrected chi connectivity index (χ2v) is 8.11. The van der Waals surface area contributed by atoms with Gasteiger partial charge < -0.3 is 4.90 Å². The molecule has 1 aromatic heterocycles. The number of amides is 1. The fourth-order valence-corrected chi connectivity index (χ4v) is 4.71. The number of aromatic nitrogens is 1. The summed E-state index contributed by atoms with van der Waals surface area (Å²) in [4.78, 5) is 19.4. The number of rotatable bonds is 3. The first kappa shape index (κ1) is 19.9. The number of nitrogens with zero attached hydrogens (tertiary/aromatic N) is 3. The summed E-state index contributed by atoms with van der Waals surface area (Å²) in [5.41, 5.74) is 2.54. The Kier molecular flexibility index (Phi) is 4.89. The van der Waals surface area contributed by atoms with Gasteiger partial charge in [-0.3, -0.25) is 4.98 Å². The van der Waals surface area contributed by atoms with E-state index < -0.39 is 11.7 Å². The average Bonchev–Trinajstić information content (AvgIpc) is 3.46. The van der Waals surface area contributed by atoms with E-state index in [2.05, 4.69) is 15.0 Å². The fraction of sp³-hybridized carbons (Fsp3) is 0.348. The Balaban J connectivity index is 1.66. The highest BCUT2D eigenvalue weighted by molar-refractivity contribution is 6.17. The van der Waals surface area contributed by atoms with E-state index in [1.54, 1.807) is 24.5 Å². The van der Waals surface area contributed by atoms with Crippen LogP contribution < -0.4 is 9.91 Å². The number of hydrogen-bond acceptors (Lipinski definition) is 4. The van der Waals surface area contributed by atoms with Crippen molar-refractivity contribution in [2.75, 3.05) is 18.0 Å². The zero-order chi connectivity index (χ0) is 21.6. The molecular weight excluding hydrogens is 405 g/mol. The summed E-state index contributed by atoms with van der Waals surface area (Å²) in [5, 5.41) is 4.46. The van der Waals surface area contributed by atoms with Gasteiger partial charge in [0, 0.05) is 42.8 Å². The number of hydrogen-bond donors (Lipinski definition) is 1. The molecule has 3 aliphatic rings. The smallest absolute Gasteiger partial charge is 0.371 e. The lowest BCUT2D eigenvalue weighted by Gasteiger charge is -2.24. The molecule has 1 aromatic carbocycles. The number of quaternary nitrogens is 1. The van der Waals surface area contributed by atoms with Gasteiger partial charge in [0.2, 0.25) is 0 Å². The summed E-state index contributed by atoms with van der Waals surface area (Å²) in [5.74, 6) is -0.380. The third kappa shape index (κ3) is 3.54. The number of carbonyl (C=O) groups is 1. The summed E-state index contributed by atoms with van der Waals surface area (Å²) in [7, 11) is 0. The molecule has 8 heteroatoms. The van der Waals surface area contributed by atoms with E-state index >= 15 is 0 Å². The molecule has 1 atom stereocenters. The Morgan fingerprint density at radius 3 is 2.35 bits per heavy atom. The second-order valence-electron chi connectivity index (χ2n) is 8.11. The molecule has 0 saturated carbocycles. The van der Waals surface area contributed by atoms with Crippen LogP contribution in [0.4, 0.5) is 24.5 Å². The third-order valence-electron chi connectivity index (χ3n) is 6.21. The molecule has 31 heavy (non-hydrogen) atoms. The number of anilines is 1. The Bertz CT molecular complexity index is 1090. The first-order valence-electron chi connectivity index (χ1n) is 10.5. The molecule has 1 fully saturated rings. The van der Waals surface area contributed by atoms with Crippen molar-refractivity contribution in [1.82, 2.24) is 4.98 Å². The van der Waals surface area contributed by atoms with Crippen LogP contribution in [0.15, 0.2) is 59.0 Å². The third-order valence-corrected chi connectivity index (χ3v) is 6.21. The van der Waals surface area contributed by atoms with Crippen LogP contribution in [0.3, 0.4) is 0 Å². The fourth-order valence-electron chi connectivity index (χ4n) is 4.71. The van der Waals surface area contributed by atoms with Crippen molar-refractivity contribution in [3.05, 3.63) is 65.0 Å². The molecule has 0 bridgehead atoms. The summed E-state index contributed by atoms with van der Waals surface area (Å²) in [6.07, 6.45) is 2.75. The maximum Gasteiger partial charge on any atom is 0.422 e. The molecule has 3 heterocycles. The molecule has 0 radical (unpaired) electrons. The molecule has 2 aromatic rings. The average molecular weight is 427 g/mol. The zero-order valence-corrected chi connectivity index (χ0v) is 16.9. The lowest BCUT2D eigenvalue weighted by Crippen LogP contribution is -3.07. The van der Waals surface area contributed by atoms with Crippen molar-refractivity contribution >= 4 is 23.0 Å². The van der Waals surface area contributed by atoms with Gasteiger partial charge in [-0.25, -0.2) is 4.79 Å². The first-order chi connectivity index (χ1) is 14.9. The molecule has 0 spiro atoms. The Hall–Kier alpha value is -3.00. The summed E-state index contributed by atoms with van der Waals surface area (Å²) in [6.45, 7) is 1.60. The molecule has 5 nitrogen and oxygen atoms in total. The monoisotopic (exact) mass is 427 g/mol. The standard InChI is InChI=1S/C23H21F3N4O/c24-23(25,26)19-7-6-16(29-12-1-2-13-29)14-20(19)30-22(31)18-5-3-4-17(18)21(28-30)15-8-10-27-11-9-15/h6-11,14H,1-5,12-13H2/p+1. The van der Waals surface area contributed by atoms with Crippen LogP contribution in [0.2, 0.25) is 0 Å². The van der Waals surface area contributed by atoms with Crippen LogP contribution in [-0.4, -0.2) is 29.7 Å². The number of pyridine rings is 1. The molecule has 1 N–H and O–H groups in total. The second kappa shape index (κ2) is 7.60. The topological polar surface area (TPSA) is 50.0 Å². The quantitative estimate of drug-likeness (QED) is 0.814. The van der Waals surface area contributed by atoms with E-state index in [1.807, 2.05) is 0 Å². The van der Waals surface area contributed by atoms with Gasteiger partial charge in [0.25, 0.3) is 0 Å². The Morgan fingerprint density at radius 1 is 0.935 bits per heavy atom. The highest BCUT2D eigenvalue weighted by Crippen LogP contribution is 2.37. The van der Waals surface area contributed by atoms with Crippen LogP contribution in [-0.2, 0) is 11.0 Å². The van der Waals surface area contributed by atoms with Gasteiger partial charge in [-0.05, 0) is 61.9 Å². The molecule has 1 unspecified atom stereocenters. The molecule has 2 aliphatic heterocycles. The van der Waals surface area contributed by atoms with E-state index in [4.69, 9.17) is 0 Å². The van der Waals surface area contributed by atoms with Crippen molar-refractivity contribution in [3.8, 4) is 0 Å². The molecule has 5 rings (SSSR count). The molecule has 1 aliphatic carbocycles. The van der Waals surface area contributed by atoms with E-state index in [0.29, 0.717) is 29.8 Å². The van der Waals surface area contributed by atoms with Gasteiger partial charge in [0.15, 0.2) is 5.69 Å². The maximum atomic E-state index is 13.9. The minimum Gasteiger partial charge on any atom is -0.371 e. The minimum absolute atomic E-state index is 0.110. The van der Waals surface area contributed by atoms with Crippen LogP contribution in [0.5, 0.6) is 0 Å². The van der Waals surface area contributed by atoms with Crippen molar-refractivity contribution in [2.45, 2.75) is 38.3 Å². The Morgan fingerprint density at radius 2 is 1.65 bits per heavy atom. The van der Waals surface area contributed by atoms with Gasteiger partial charge in [-0.15, -0.1) is 5.01 Å². The number of allylic oxidation sites excluding steroid dienone is 1. The van der Waals surface area contributed by atoms with Crippen LogP contribution >= 0.6 is 0 Å². The largest absolute Gasteiger partial charge is 0.422 e. The van der Waals surface area contributed by atoms with E-state index in [0.717, 1.165) is 49.6 Å². The molecule has 1 amide bonds. The lowest BCUT2D eigenvalue weighted by atomic mass is 9.98. The van der Waals surface area contributed by atoms with E-state index in [1.165, 1.54) is 12.1 Å². The maximum absolute atomic E-state index is 13.9. The zero-order valence-electron chi connectivity index (χ0n) is 16.9. The van der Waals surface area contributed by atoms with Gasteiger partial charge in [-0.1, -0.05) is 5.10 Å². The van der Waals surface area contributed by atoms with E-state index in [9.17, 15) is 18.0 Å². The predicted octanol–water partition coefficient (Wildman–Crippen LogP) is 3.64. The van der Waals surface area contributed by atoms with Crippen molar-refractivity contribution in [3.63, 3.8) is 0 Å². The summed E-state index contributed by atoms with van der Waals surface area (Å²) < 4.78 is 41.8. The predicted molar refractivity (Wildman–Crippen MR) is 110 cm³/mol.